The molecule has 1 nitrogen and oxygen atoms in total. The number of hydrogen-bond acceptors (Lipinski definition) is 1. The average molecular weight is 222 g/mol. The van der Waals surface area contributed by atoms with Gasteiger partial charge in [0.2, 0.25) is 0 Å². The molecule has 0 aliphatic heterocycles. The van der Waals surface area contributed by atoms with Crippen LogP contribution in [0.5, 0.6) is 0 Å². The second-order valence-corrected chi connectivity index (χ2v) is 4.10. The maximum atomic E-state index is 12.9. The summed E-state index contributed by atoms with van der Waals surface area (Å²) in [6, 6.07) is 6.49. The van der Waals surface area contributed by atoms with E-state index in [0.29, 0.717) is 17.9 Å². The summed E-state index contributed by atoms with van der Waals surface area (Å²) in [6.07, 6.45) is 5.22. The lowest BCUT2D eigenvalue weighted by atomic mass is 9.80. The molecule has 15 heavy (non-hydrogen) atoms. The van der Waals surface area contributed by atoms with Crippen molar-refractivity contribution in [2.75, 3.05) is 0 Å². The summed E-state index contributed by atoms with van der Waals surface area (Å²) in [7, 11) is 0. The van der Waals surface area contributed by atoms with Gasteiger partial charge in [-0.05, 0) is 30.5 Å². The van der Waals surface area contributed by atoms with Crippen molar-refractivity contribution in [1.82, 2.24) is 0 Å². The van der Waals surface area contributed by atoms with Crippen LogP contribution in [-0.4, -0.2) is 0 Å². The molecule has 1 aromatic rings. The monoisotopic (exact) mass is 221 g/mol. The molecular formula is C12H9ClFN. The highest BCUT2D eigenvalue weighted by atomic mass is 35.5. The van der Waals surface area contributed by atoms with Gasteiger partial charge in [-0.1, -0.05) is 29.8 Å². The summed E-state index contributed by atoms with van der Waals surface area (Å²) in [5, 5.41) is 9.55. The van der Waals surface area contributed by atoms with E-state index < -0.39 is 5.41 Å². The summed E-state index contributed by atoms with van der Waals surface area (Å²) in [5.41, 5.74) is 0.128. The second-order valence-electron chi connectivity index (χ2n) is 3.70. The average Bonchev–Trinajstić information content (AvgIpc) is 2.67. The Morgan fingerprint density at radius 1 is 1.33 bits per heavy atom. The lowest BCUT2D eigenvalue weighted by Crippen LogP contribution is -2.20. The van der Waals surface area contributed by atoms with Crippen molar-refractivity contribution >= 4 is 11.6 Å². The standard InChI is InChI=1S/C12H9ClFN/c13-11-7-9(14)3-4-10(11)12(8-15)5-1-2-6-12/h1-4,7H,5-6H2. The molecule has 0 saturated carbocycles. The zero-order valence-electron chi connectivity index (χ0n) is 8.00. The Bertz CT molecular complexity index is 451. The van der Waals surface area contributed by atoms with E-state index in [4.69, 9.17) is 11.6 Å². The van der Waals surface area contributed by atoms with E-state index in [2.05, 4.69) is 6.07 Å². The normalized spacial score (nSPS) is 17.7. The van der Waals surface area contributed by atoms with E-state index in [1.165, 1.54) is 12.1 Å². The van der Waals surface area contributed by atoms with Crippen LogP contribution in [0.1, 0.15) is 18.4 Å². The largest absolute Gasteiger partial charge is 0.207 e. The highest BCUT2D eigenvalue weighted by molar-refractivity contribution is 6.31. The summed E-state index contributed by atoms with van der Waals surface area (Å²) in [5.74, 6) is -0.372. The molecule has 0 heterocycles. The molecule has 3 heteroatoms. The third-order valence-electron chi connectivity index (χ3n) is 2.76. The van der Waals surface area contributed by atoms with E-state index in [1.807, 2.05) is 12.2 Å². The van der Waals surface area contributed by atoms with Crippen LogP contribution in [0.3, 0.4) is 0 Å². The molecule has 0 bridgehead atoms. The van der Waals surface area contributed by atoms with E-state index >= 15 is 0 Å². The van der Waals surface area contributed by atoms with Gasteiger partial charge < -0.3 is 0 Å². The number of hydrogen-bond donors (Lipinski definition) is 0. The maximum absolute atomic E-state index is 12.9. The molecule has 1 aliphatic rings. The Labute approximate surface area is 92.8 Å². The number of nitriles is 1. The first-order valence-corrected chi connectivity index (χ1v) is 5.07. The van der Waals surface area contributed by atoms with Gasteiger partial charge >= 0.3 is 0 Å². The molecular weight excluding hydrogens is 213 g/mol. The van der Waals surface area contributed by atoms with Crippen LogP contribution in [0.15, 0.2) is 30.4 Å². The van der Waals surface area contributed by atoms with Crippen molar-refractivity contribution < 1.29 is 4.39 Å². The van der Waals surface area contributed by atoms with Crippen LogP contribution in [0.4, 0.5) is 4.39 Å². The molecule has 0 spiro atoms. The van der Waals surface area contributed by atoms with Crippen molar-refractivity contribution in [2.45, 2.75) is 18.3 Å². The molecule has 76 valence electrons. The highest BCUT2D eigenvalue weighted by Crippen LogP contribution is 2.40. The quantitative estimate of drug-likeness (QED) is 0.665. The lowest BCUT2D eigenvalue weighted by molar-refractivity contribution is 0.588. The minimum Gasteiger partial charge on any atom is -0.207 e. The lowest BCUT2D eigenvalue weighted by Gasteiger charge is -2.21. The van der Waals surface area contributed by atoms with Gasteiger partial charge in [0, 0.05) is 5.02 Å². The van der Waals surface area contributed by atoms with Gasteiger partial charge in [-0.25, -0.2) is 4.39 Å². The molecule has 1 aliphatic carbocycles. The Morgan fingerprint density at radius 2 is 2.00 bits per heavy atom. The zero-order valence-corrected chi connectivity index (χ0v) is 8.76. The first kappa shape index (κ1) is 10.2. The predicted molar refractivity (Wildman–Crippen MR) is 57.1 cm³/mol. The van der Waals surface area contributed by atoms with Gasteiger partial charge in [-0.3, -0.25) is 0 Å². The van der Waals surface area contributed by atoms with Crippen LogP contribution in [-0.2, 0) is 5.41 Å². The van der Waals surface area contributed by atoms with Crippen LogP contribution < -0.4 is 0 Å². The van der Waals surface area contributed by atoms with E-state index in [0.717, 1.165) is 5.56 Å². The van der Waals surface area contributed by atoms with Gasteiger partial charge in [-0.15, -0.1) is 0 Å². The molecule has 2 rings (SSSR count). The minimum atomic E-state index is -0.592. The van der Waals surface area contributed by atoms with E-state index in [1.54, 1.807) is 6.07 Å². The van der Waals surface area contributed by atoms with Crippen LogP contribution in [0.25, 0.3) is 0 Å². The van der Waals surface area contributed by atoms with Crippen molar-refractivity contribution in [3.8, 4) is 6.07 Å². The Balaban J connectivity index is 2.49. The fraction of sp³-hybridized carbons (Fsp3) is 0.250. The number of halogens is 2. The maximum Gasteiger partial charge on any atom is 0.124 e. The Kier molecular flexibility index (Phi) is 2.50. The summed E-state index contributed by atoms with van der Waals surface area (Å²) < 4.78 is 12.9. The topological polar surface area (TPSA) is 23.8 Å². The third kappa shape index (κ3) is 1.64. The number of benzene rings is 1. The second kappa shape index (κ2) is 3.67. The van der Waals surface area contributed by atoms with Gasteiger partial charge in [0.05, 0.1) is 11.5 Å². The Morgan fingerprint density at radius 3 is 2.53 bits per heavy atom. The molecule has 0 unspecified atom stereocenters. The van der Waals surface area contributed by atoms with Crippen molar-refractivity contribution in [3.63, 3.8) is 0 Å². The molecule has 0 radical (unpaired) electrons. The highest BCUT2D eigenvalue weighted by Gasteiger charge is 2.34. The van der Waals surface area contributed by atoms with E-state index in [-0.39, 0.29) is 5.82 Å². The fourth-order valence-corrected chi connectivity index (χ4v) is 2.25. The molecule has 0 N–H and O–H groups in total. The van der Waals surface area contributed by atoms with Gasteiger partial charge in [-0.2, -0.15) is 5.26 Å². The molecule has 0 atom stereocenters. The van der Waals surface area contributed by atoms with Gasteiger partial charge in [0.15, 0.2) is 0 Å². The smallest absolute Gasteiger partial charge is 0.124 e. The summed E-state index contributed by atoms with van der Waals surface area (Å²) in [6.45, 7) is 0. The molecule has 0 saturated heterocycles. The van der Waals surface area contributed by atoms with Gasteiger partial charge in [0.1, 0.15) is 5.82 Å². The number of rotatable bonds is 1. The number of allylic oxidation sites excluding steroid dienone is 2. The van der Waals surface area contributed by atoms with Crippen molar-refractivity contribution in [2.24, 2.45) is 0 Å². The van der Waals surface area contributed by atoms with Crippen molar-refractivity contribution in [1.29, 1.82) is 5.26 Å². The first-order valence-electron chi connectivity index (χ1n) is 4.70. The minimum absolute atomic E-state index is 0.334. The third-order valence-corrected chi connectivity index (χ3v) is 3.07. The summed E-state index contributed by atoms with van der Waals surface area (Å²) in [4.78, 5) is 0. The van der Waals surface area contributed by atoms with Crippen molar-refractivity contribution in [3.05, 3.63) is 46.8 Å². The zero-order chi connectivity index (χ0) is 10.9. The fourth-order valence-electron chi connectivity index (χ4n) is 1.90. The van der Waals surface area contributed by atoms with Crippen LogP contribution in [0, 0.1) is 17.1 Å². The predicted octanol–water partition coefficient (Wildman–Crippen LogP) is 3.59. The van der Waals surface area contributed by atoms with E-state index in [9.17, 15) is 9.65 Å². The summed E-state index contributed by atoms with van der Waals surface area (Å²) >= 11 is 5.96. The van der Waals surface area contributed by atoms with Crippen LogP contribution in [0.2, 0.25) is 5.02 Å². The number of nitrogens with zero attached hydrogens (tertiary/aromatic N) is 1. The molecule has 0 aromatic heterocycles. The Hall–Kier alpha value is -1.33. The van der Waals surface area contributed by atoms with Crippen LogP contribution >= 0.6 is 11.6 Å². The first-order chi connectivity index (χ1) is 7.18. The van der Waals surface area contributed by atoms with Gasteiger partial charge in [0.25, 0.3) is 0 Å². The molecule has 1 aromatic carbocycles. The SMILES string of the molecule is N#CC1(c2ccc(F)cc2Cl)CC=CC1. The molecule has 0 amide bonds. The molecule has 0 fully saturated rings.